The third-order valence-electron chi connectivity index (χ3n) is 5.08. The van der Waals surface area contributed by atoms with Crippen LogP contribution < -0.4 is 16.0 Å². The molecule has 176 valence electrons. The smallest absolute Gasteiger partial charge is 0.222 e. The van der Waals surface area contributed by atoms with Gasteiger partial charge in [-0.05, 0) is 36.3 Å². The molecule has 1 heterocycles. The number of nitrogens with zero attached hydrogens (tertiary/aromatic N) is 1. The molecule has 1 amide bonds. The molecular weight excluding hydrogens is 527 g/mol. The zero-order valence-corrected chi connectivity index (χ0v) is 22.2. The van der Waals surface area contributed by atoms with Crippen LogP contribution in [0.1, 0.15) is 51.7 Å². The molecule has 1 unspecified atom stereocenters. The van der Waals surface area contributed by atoms with E-state index in [1.807, 2.05) is 6.92 Å². The van der Waals surface area contributed by atoms with Crippen molar-refractivity contribution in [3.05, 3.63) is 35.4 Å². The number of hydrogen-bond donors (Lipinski definition) is 3. The lowest BCUT2D eigenvalue weighted by molar-refractivity contribution is -0.121. The Balaban J connectivity index is 0.00000480. The van der Waals surface area contributed by atoms with Gasteiger partial charge in [-0.15, -0.1) is 24.0 Å². The third-order valence-corrected chi connectivity index (χ3v) is 6.84. The number of aliphatic imine (C=N–C) groups is 1. The van der Waals surface area contributed by atoms with Crippen molar-refractivity contribution in [1.29, 1.82) is 0 Å². The molecule has 1 aromatic carbocycles. The lowest BCUT2D eigenvalue weighted by Crippen LogP contribution is -2.39. The number of halogens is 1. The minimum absolute atomic E-state index is 0. The number of carbonyl (C=O) groups is 1. The molecule has 7 nitrogen and oxygen atoms in total. The van der Waals surface area contributed by atoms with Crippen molar-refractivity contribution in [2.24, 2.45) is 4.99 Å². The van der Waals surface area contributed by atoms with Crippen LogP contribution in [0.3, 0.4) is 0 Å². The number of carbonyl (C=O) groups excluding carboxylic acids is 1. The molecule has 0 aliphatic carbocycles. The van der Waals surface area contributed by atoms with Crippen molar-refractivity contribution in [3.8, 4) is 0 Å². The summed E-state index contributed by atoms with van der Waals surface area (Å²) in [6, 6.07) is 8.44. The summed E-state index contributed by atoms with van der Waals surface area (Å²) < 4.78 is 22.9. The first-order valence-corrected chi connectivity index (χ1v) is 12.5. The fourth-order valence-electron chi connectivity index (χ4n) is 3.32. The van der Waals surface area contributed by atoms with Crippen molar-refractivity contribution in [1.82, 2.24) is 16.0 Å². The Morgan fingerprint density at radius 1 is 1.16 bits per heavy atom. The summed E-state index contributed by atoms with van der Waals surface area (Å²) in [5.74, 6) is 0.725. The Bertz CT molecular complexity index is 833. The molecule has 9 heteroatoms. The summed E-state index contributed by atoms with van der Waals surface area (Å²) in [5, 5.41) is 9.27. The van der Waals surface area contributed by atoms with Crippen LogP contribution in [0.2, 0.25) is 0 Å². The average Bonchev–Trinajstić information content (AvgIpc) is 2.99. The number of benzene rings is 1. The van der Waals surface area contributed by atoms with Crippen LogP contribution >= 0.6 is 24.0 Å². The van der Waals surface area contributed by atoms with Gasteiger partial charge in [-0.1, -0.05) is 45.0 Å². The van der Waals surface area contributed by atoms with Crippen LogP contribution in [0.15, 0.2) is 29.3 Å². The fraction of sp³-hybridized carbons (Fsp3) is 0.636. The molecule has 1 aliphatic heterocycles. The summed E-state index contributed by atoms with van der Waals surface area (Å²) in [6.07, 6.45) is 1.62. The lowest BCUT2D eigenvalue weighted by atomic mass is 9.86. The van der Waals surface area contributed by atoms with Gasteiger partial charge >= 0.3 is 0 Å². The molecule has 1 atom stereocenters. The van der Waals surface area contributed by atoms with Crippen molar-refractivity contribution >= 4 is 45.7 Å². The highest BCUT2D eigenvalue weighted by Crippen LogP contribution is 2.22. The van der Waals surface area contributed by atoms with Crippen LogP contribution in [-0.4, -0.2) is 57.5 Å². The molecule has 0 bridgehead atoms. The molecule has 0 aromatic heterocycles. The molecule has 3 N–H and O–H groups in total. The molecule has 1 aromatic rings. The van der Waals surface area contributed by atoms with Crippen molar-refractivity contribution in [3.63, 3.8) is 0 Å². The quantitative estimate of drug-likeness (QED) is 0.256. The molecule has 0 radical (unpaired) electrons. The van der Waals surface area contributed by atoms with Gasteiger partial charge in [0.15, 0.2) is 15.8 Å². The standard InChI is InChI=1S/C22H36N4O3S.HI/c1-5-23-21(24-13-10-17-6-8-18(9-7-17)22(2,3)4)25-14-11-20(27)26-19-12-15-30(28,29)16-19;/h6-9,19H,5,10-16H2,1-4H3,(H,26,27)(H2,23,24,25);1H. The zero-order chi connectivity index (χ0) is 22.2. The van der Waals surface area contributed by atoms with E-state index < -0.39 is 9.84 Å². The molecule has 1 saturated heterocycles. The van der Waals surface area contributed by atoms with E-state index in [1.54, 1.807) is 0 Å². The van der Waals surface area contributed by atoms with E-state index in [0.29, 0.717) is 18.9 Å². The van der Waals surface area contributed by atoms with Gasteiger partial charge in [0.2, 0.25) is 5.91 Å². The second kappa shape index (κ2) is 12.6. The largest absolute Gasteiger partial charge is 0.357 e. The second-order valence-electron chi connectivity index (χ2n) is 8.80. The predicted octanol–water partition coefficient (Wildman–Crippen LogP) is 2.39. The minimum atomic E-state index is -2.99. The number of sulfone groups is 1. The predicted molar refractivity (Wildman–Crippen MR) is 138 cm³/mol. The number of hydrogen-bond acceptors (Lipinski definition) is 4. The highest BCUT2D eigenvalue weighted by Gasteiger charge is 2.28. The van der Waals surface area contributed by atoms with Gasteiger partial charge in [0, 0.05) is 25.6 Å². The van der Waals surface area contributed by atoms with E-state index in [4.69, 9.17) is 0 Å². The van der Waals surface area contributed by atoms with Crippen molar-refractivity contribution in [2.75, 3.05) is 31.1 Å². The van der Waals surface area contributed by atoms with Gasteiger partial charge in [0.05, 0.1) is 18.1 Å². The van der Waals surface area contributed by atoms with E-state index in [0.717, 1.165) is 19.5 Å². The Morgan fingerprint density at radius 3 is 2.39 bits per heavy atom. The highest BCUT2D eigenvalue weighted by atomic mass is 127. The minimum Gasteiger partial charge on any atom is -0.357 e. The van der Waals surface area contributed by atoms with E-state index in [-0.39, 0.29) is 59.3 Å². The molecule has 1 fully saturated rings. The van der Waals surface area contributed by atoms with Crippen LogP contribution in [0, 0.1) is 0 Å². The molecule has 1 aliphatic rings. The SMILES string of the molecule is CCNC(=NCCC(=O)NC1CCS(=O)(=O)C1)NCCc1ccc(C(C)(C)C)cc1.I. The zero-order valence-electron chi connectivity index (χ0n) is 19.0. The molecular formula is C22H37IN4O3S. The Kier molecular flexibility index (Phi) is 11.3. The second-order valence-corrected chi connectivity index (χ2v) is 11.0. The van der Waals surface area contributed by atoms with Gasteiger partial charge in [-0.3, -0.25) is 9.79 Å². The summed E-state index contributed by atoms with van der Waals surface area (Å²) >= 11 is 0. The van der Waals surface area contributed by atoms with Gasteiger partial charge in [0.1, 0.15) is 0 Å². The maximum absolute atomic E-state index is 12.0. The summed E-state index contributed by atoms with van der Waals surface area (Å²) in [6.45, 7) is 10.4. The van der Waals surface area contributed by atoms with Crippen molar-refractivity contribution < 1.29 is 13.2 Å². The van der Waals surface area contributed by atoms with E-state index >= 15 is 0 Å². The van der Waals surface area contributed by atoms with E-state index in [1.165, 1.54) is 11.1 Å². The first-order chi connectivity index (χ1) is 14.1. The first-order valence-electron chi connectivity index (χ1n) is 10.7. The average molecular weight is 565 g/mol. The maximum atomic E-state index is 12.0. The molecule has 2 rings (SSSR count). The Hall–Kier alpha value is -1.36. The lowest BCUT2D eigenvalue weighted by Gasteiger charge is -2.19. The normalized spacial score (nSPS) is 18.2. The highest BCUT2D eigenvalue weighted by molar-refractivity contribution is 14.0. The number of amides is 1. The molecule has 0 spiro atoms. The number of guanidine groups is 1. The Labute approximate surface area is 204 Å². The van der Waals surface area contributed by atoms with Crippen LogP contribution in [0.4, 0.5) is 0 Å². The van der Waals surface area contributed by atoms with E-state index in [9.17, 15) is 13.2 Å². The molecule has 0 saturated carbocycles. The van der Waals surface area contributed by atoms with Gasteiger partial charge in [0.25, 0.3) is 0 Å². The number of rotatable bonds is 8. The fourth-order valence-corrected chi connectivity index (χ4v) is 4.99. The monoisotopic (exact) mass is 564 g/mol. The van der Waals surface area contributed by atoms with Gasteiger partial charge in [-0.25, -0.2) is 8.42 Å². The topological polar surface area (TPSA) is 99.7 Å². The summed E-state index contributed by atoms with van der Waals surface area (Å²) in [7, 11) is -2.99. The maximum Gasteiger partial charge on any atom is 0.222 e. The number of nitrogens with one attached hydrogen (secondary N) is 3. The summed E-state index contributed by atoms with van der Waals surface area (Å²) in [5.41, 5.74) is 2.74. The van der Waals surface area contributed by atoms with Crippen LogP contribution in [-0.2, 0) is 26.5 Å². The van der Waals surface area contributed by atoms with Gasteiger partial charge < -0.3 is 16.0 Å². The van der Waals surface area contributed by atoms with Crippen molar-refractivity contribution in [2.45, 2.75) is 58.4 Å². The van der Waals surface area contributed by atoms with Crippen LogP contribution in [0.5, 0.6) is 0 Å². The molecule has 31 heavy (non-hydrogen) atoms. The van der Waals surface area contributed by atoms with Crippen LogP contribution in [0.25, 0.3) is 0 Å². The first kappa shape index (κ1) is 27.7. The third kappa shape index (κ3) is 10.2. The van der Waals surface area contributed by atoms with Gasteiger partial charge in [-0.2, -0.15) is 0 Å². The Morgan fingerprint density at radius 2 is 1.84 bits per heavy atom. The van der Waals surface area contributed by atoms with E-state index in [2.05, 4.69) is 66.0 Å². The summed E-state index contributed by atoms with van der Waals surface area (Å²) in [4.78, 5) is 16.5.